The topological polar surface area (TPSA) is 55.1 Å². The second-order valence-electron chi connectivity index (χ2n) is 4.29. The SMILES string of the molecule is CCCC(C(=O)NC1(C)CC1)C(N)=S. The molecule has 0 heterocycles. The highest BCUT2D eigenvalue weighted by Gasteiger charge is 2.40. The van der Waals surface area contributed by atoms with Crippen LogP contribution in [0.2, 0.25) is 0 Å². The predicted octanol–water partition coefficient (Wildman–Crippen LogP) is 1.36. The first-order valence-corrected chi connectivity index (χ1v) is 5.50. The molecule has 0 aromatic heterocycles. The molecule has 1 amide bonds. The first kappa shape index (κ1) is 11.4. The summed E-state index contributed by atoms with van der Waals surface area (Å²) in [7, 11) is 0. The van der Waals surface area contributed by atoms with Crippen molar-refractivity contribution in [2.45, 2.75) is 45.1 Å². The second kappa shape index (κ2) is 4.26. The van der Waals surface area contributed by atoms with Crippen molar-refractivity contribution in [3.8, 4) is 0 Å². The number of nitrogens with two attached hydrogens (primary N) is 1. The van der Waals surface area contributed by atoms with E-state index in [1.165, 1.54) is 0 Å². The van der Waals surface area contributed by atoms with Gasteiger partial charge in [-0.05, 0) is 26.2 Å². The Bertz CT molecular complexity index is 249. The highest BCUT2D eigenvalue weighted by Crippen LogP contribution is 2.34. The number of amides is 1. The maximum atomic E-state index is 11.8. The molecule has 1 saturated carbocycles. The zero-order valence-electron chi connectivity index (χ0n) is 8.80. The van der Waals surface area contributed by atoms with E-state index in [0.29, 0.717) is 4.99 Å². The third-order valence-electron chi connectivity index (χ3n) is 2.66. The zero-order chi connectivity index (χ0) is 10.8. The van der Waals surface area contributed by atoms with Crippen molar-refractivity contribution < 1.29 is 4.79 Å². The van der Waals surface area contributed by atoms with Crippen LogP contribution in [-0.2, 0) is 4.79 Å². The summed E-state index contributed by atoms with van der Waals surface area (Å²) in [5, 5.41) is 2.99. The third-order valence-corrected chi connectivity index (χ3v) is 2.95. The maximum Gasteiger partial charge on any atom is 0.230 e. The van der Waals surface area contributed by atoms with E-state index in [9.17, 15) is 4.79 Å². The van der Waals surface area contributed by atoms with Gasteiger partial charge in [0.15, 0.2) is 0 Å². The molecular formula is C10H18N2OS. The maximum absolute atomic E-state index is 11.8. The van der Waals surface area contributed by atoms with Crippen LogP contribution in [0.5, 0.6) is 0 Å². The highest BCUT2D eigenvalue weighted by molar-refractivity contribution is 7.80. The van der Waals surface area contributed by atoms with Crippen LogP contribution >= 0.6 is 12.2 Å². The van der Waals surface area contributed by atoms with Crippen molar-refractivity contribution in [1.82, 2.24) is 5.32 Å². The van der Waals surface area contributed by atoms with E-state index in [1.54, 1.807) is 0 Å². The molecule has 3 N–H and O–H groups in total. The number of nitrogens with one attached hydrogen (secondary N) is 1. The molecule has 1 aliphatic carbocycles. The molecule has 1 unspecified atom stereocenters. The standard InChI is InChI=1S/C10H18N2OS/c1-3-4-7(8(11)14)9(13)12-10(2)5-6-10/h7H,3-6H2,1-2H3,(H2,11,14)(H,12,13). The van der Waals surface area contributed by atoms with Crippen molar-refractivity contribution in [2.24, 2.45) is 11.7 Å². The van der Waals surface area contributed by atoms with Crippen molar-refractivity contribution in [3.63, 3.8) is 0 Å². The third kappa shape index (κ3) is 2.94. The zero-order valence-corrected chi connectivity index (χ0v) is 9.62. The Labute approximate surface area is 90.4 Å². The smallest absolute Gasteiger partial charge is 0.230 e. The number of rotatable bonds is 5. The number of hydrogen-bond acceptors (Lipinski definition) is 2. The molecule has 0 aromatic rings. The fourth-order valence-electron chi connectivity index (χ4n) is 1.39. The van der Waals surface area contributed by atoms with Crippen molar-refractivity contribution in [2.75, 3.05) is 0 Å². The van der Waals surface area contributed by atoms with E-state index in [4.69, 9.17) is 18.0 Å². The van der Waals surface area contributed by atoms with Crippen LogP contribution in [-0.4, -0.2) is 16.4 Å². The molecule has 1 aliphatic rings. The Morgan fingerprint density at radius 2 is 2.21 bits per heavy atom. The van der Waals surface area contributed by atoms with E-state index in [0.717, 1.165) is 25.7 Å². The van der Waals surface area contributed by atoms with Gasteiger partial charge in [0.05, 0.1) is 10.9 Å². The monoisotopic (exact) mass is 214 g/mol. The van der Waals surface area contributed by atoms with E-state index in [2.05, 4.69) is 5.32 Å². The molecule has 3 nitrogen and oxygen atoms in total. The van der Waals surface area contributed by atoms with Crippen LogP contribution in [0.25, 0.3) is 0 Å². The number of hydrogen-bond donors (Lipinski definition) is 2. The number of thiocarbonyl (C=S) groups is 1. The fraction of sp³-hybridized carbons (Fsp3) is 0.800. The number of carbonyl (C=O) groups excluding carboxylic acids is 1. The lowest BCUT2D eigenvalue weighted by Crippen LogP contribution is -2.43. The molecule has 0 aromatic carbocycles. The summed E-state index contributed by atoms with van der Waals surface area (Å²) < 4.78 is 0. The minimum atomic E-state index is -0.285. The minimum Gasteiger partial charge on any atom is -0.393 e. The van der Waals surface area contributed by atoms with Gasteiger partial charge in [-0.2, -0.15) is 0 Å². The van der Waals surface area contributed by atoms with E-state index in [-0.39, 0.29) is 17.4 Å². The molecule has 80 valence electrons. The van der Waals surface area contributed by atoms with Crippen molar-refractivity contribution in [1.29, 1.82) is 0 Å². The first-order chi connectivity index (χ1) is 6.48. The van der Waals surface area contributed by atoms with Crippen molar-refractivity contribution >= 4 is 23.1 Å². The average Bonchev–Trinajstić information content (AvgIpc) is 2.78. The first-order valence-electron chi connectivity index (χ1n) is 5.10. The van der Waals surface area contributed by atoms with Gasteiger partial charge in [-0.25, -0.2) is 0 Å². The largest absolute Gasteiger partial charge is 0.393 e. The molecule has 4 heteroatoms. The summed E-state index contributed by atoms with van der Waals surface area (Å²) in [5.41, 5.74) is 5.56. The van der Waals surface area contributed by atoms with Crippen LogP contribution in [0, 0.1) is 5.92 Å². The molecule has 0 spiro atoms. The van der Waals surface area contributed by atoms with Crippen LogP contribution in [0.15, 0.2) is 0 Å². The van der Waals surface area contributed by atoms with Gasteiger partial charge >= 0.3 is 0 Å². The summed E-state index contributed by atoms with van der Waals surface area (Å²) in [6, 6.07) is 0. The lowest BCUT2D eigenvalue weighted by molar-refractivity contribution is -0.124. The minimum absolute atomic E-state index is 0.000602. The van der Waals surface area contributed by atoms with Gasteiger partial charge in [0.1, 0.15) is 0 Å². The van der Waals surface area contributed by atoms with Gasteiger partial charge in [-0.1, -0.05) is 25.6 Å². The lowest BCUT2D eigenvalue weighted by Gasteiger charge is -2.18. The van der Waals surface area contributed by atoms with E-state index >= 15 is 0 Å². The Morgan fingerprint density at radius 3 is 2.57 bits per heavy atom. The molecular weight excluding hydrogens is 196 g/mol. The Kier molecular flexibility index (Phi) is 3.48. The van der Waals surface area contributed by atoms with Gasteiger partial charge in [0.25, 0.3) is 0 Å². The van der Waals surface area contributed by atoms with Gasteiger partial charge in [0, 0.05) is 5.54 Å². The Balaban J connectivity index is 2.50. The van der Waals surface area contributed by atoms with Crippen LogP contribution in [0.3, 0.4) is 0 Å². The molecule has 1 atom stereocenters. The summed E-state index contributed by atoms with van der Waals surface area (Å²) in [5.74, 6) is -0.285. The fourth-order valence-corrected chi connectivity index (χ4v) is 1.61. The quantitative estimate of drug-likeness (QED) is 0.679. The Morgan fingerprint density at radius 1 is 1.64 bits per heavy atom. The molecule has 1 rings (SSSR count). The Hall–Kier alpha value is -0.640. The summed E-state index contributed by atoms with van der Waals surface area (Å²) in [4.78, 5) is 12.1. The summed E-state index contributed by atoms with van der Waals surface area (Å²) >= 11 is 4.89. The van der Waals surface area contributed by atoms with E-state index < -0.39 is 0 Å². The van der Waals surface area contributed by atoms with Crippen LogP contribution < -0.4 is 11.1 Å². The van der Waals surface area contributed by atoms with Gasteiger partial charge < -0.3 is 11.1 Å². The summed E-state index contributed by atoms with van der Waals surface area (Å²) in [6.07, 6.45) is 3.80. The van der Waals surface area contributed by atoms with Gasteiger partial charge in [-0.15, -0.1) is 0 Å². The van der Waals surface area contributed by atoms with Crippen LogP contribution in [0.4, 0.5) is 0 Å². The van der Waals surface area contributed by atoms with Gasteiger partial charge in [-0.3, -0.25) is 4.79 Å². The average molecular weight is 214 g/mol. The van der Waals surface area contributed by atoms with Gasteiger partial charge in [0.2, 0.25) is 5.91 Å². The lowest BCUT2D eigenvalue weighted by atomic mass is 10.0. The highest BCUT2D eigenvalue weighted by atomic mass is 32.1. The second-order valence-corrected chi connectivity index (χ2v) is 4.76. The number of carbonyl (C=O) groups is 1. The molecule has 0 bridgehead atoms. The molecule has 0 radical (unpaired) electrons. The van der Waals surface area contributed by atoms with Crippen LogP contribution in [0.1, 0.15) is 39.5 Å². The van der Waals surface area contributed by atoms with E-state index in [1.807, 2.05) is 13.8 Å². The summed E-state index contributed by atoms with van der Waals surface area (Å²) in [6.45, 7) is 4.07. The molecule has 1 fully saturated rings. The normalized spacial score (nSPS) is 19.9. The molecule has 14 heavy (non-hydrogen) atoms. The molecule has 0 saturated heterocycles. The predicted molar refractivity (Wildman–Crippen MR) is 61.0 cm³/mol. The molecule has 0 aliphatic heterocycles. The van der Waals surface area contributed by atoms with Crippen molar-refractivity contribution in [3.05, 3.63) is 0 Å².